The monoisotopic (exact) mass is 391 g/mol. The van der Waals surface area contributed by atoms with E-state index in [1.807, 2.05) is 72.8 Å². The lowest BCUT2D eigenvalue weighted by Crippen LogP contribution is -2.15. The van der Waals surface area contributed by atoms with Crippen molar-refractivity contribution >= 4 is 33.3 Å². The molecule has 5 heteroatoms. The maximum absolute atomic E-state index is 13.2. The first-order valence-corrected chi connectivity index (χ1v) is 9.54. The van der Waals surface area contributed by atoms with Gasteiger partial charge < -0.3 is 10.4 Å². The Labute approximate surface area is 172 Å². The topological polar surface area (TPSA) is 75.1 Å². The van der Waals surface area contributed by atoms with Crippen LogP contribution in [-0.2, 0) is 0 Å². The van der Waals surface area contributed by atoms with Gasteiger partial charge in [-0.15, -0.1) is 0 Å². The second kappa shape index (κ2) is 7.29. The number of aromatic nitrogens is 2. The highest BCUT2D eigenvalue weighted by Crippen LogP contribution is 2.35. The van der Waals surface area contributed by atoms with Gasteiger partial charge in [-0.3, -0.25) is 9.78 Å². The van der Waals surface area contributed by atoms with E-state index < -0.39 is 5.91 Å². The molecule has 1 amide bonds. The Balaban J connectivity index is 1.65. The maximum Gasteiger partial charge on any atom is 0.278 e. The Morgan fingerprint density at radius 3 is 2.33 bits per heavy atom. The van der Waals surface area contributed by atoms with Crippen LogP contribution in [0.5, 0.6) is 5.75 Å². The minimum absolute atomic E-state index is 0.0200. The zero-order valence-corrected chi connectivity index (χ0v) is 15.9. The highest BCUT2D eigenvalue weighted by Gasteiger charge is 2.20. The molecule has 0 aliphatic rings. The molecule has 0 radical (unpaired) electrons. The molecule has 0 spiro atoms. The lowest BCUT2D eigenvalue weighted by molar-refractivity contribution is 0.102. The minimum atomic E-state index is -0.480. The largest absolute Gasteiger partial charge is 0.505 e. The first kappa shape index (κ1) is 17.8. The van der Waals surface area contributed by atoms with Crippen molar-refractivity contribution in [1.29, 1.82) is 0 Å². The number of anilines is 1. The number of amides is 1. The fourth-order valence-corrected chi connectivity index (χ4v) is 3.62. The Hall–Kier alpha value is -4.25. The summed E-state index contributed by atoms with van der Waals surface area (Å²) in [7, 11) is 0. The summed E-state index contributed by atoms with van der Waals surface area (Å²) in [5.41, 5.74) is 2.89. The number of fused-ring (bicyclic) bond motifs is 2. The van der Waals surface area contributed by atoms with Crippen molar-refractivity contribution in [1.82, 2.24) is 9.97 Å². The predicted octanol–water partition coefficient (Wildman–Crippen LogP) is 5.41. The molecule has 0 bridgehead atoms. The summed E-state index contributed by atoms with van der Waals surface area (Å²) in [5, 5.41) is 15.9. The molecule has 0 atom stereocenters. The number of hydrogen-bond acceptors (Lipinski definition) is 4. The number of hydrogen-bond donors (Lipinski definition) is 2. The zero-order chi connectivity index (χ0) is 20.5. The van der Waals surface area contributed by atoms with E-state index in [2.05, 4.69) is 15.3 Å². The van der Waals surface area contributed by atoms with Gasteiger partial charge in [-0.2, -0.15) is 0 Å². The summed E-state index contributed by atoms with van der Waals surface area (Å²) in [6.45, 7) is 0. The van der Waals surface area contributed by atoms with Gasteiger partial charge in [-0.1, -0.05) is 60.7 Å². The lowest BCUT2D eigenvalue weighted by Gasteiger charge is -2.13. The number of benzene rings is 3. The number of carbonyl (C=O) groups excluding carboxylic acids is 1. The Morgan fingerprint density at radius 2 is 1.50 bits per heavy atom. The van der Waals surface area contributed by atoms with Crippen molar-refractivity contribution in [2.75, 3.05) is 5.32 Å². The minimum Gasteiger partial charge on any atom is -0.505 e. The number of nitrogens with one attached hydrogen (secondary N) is 1. The molecule has 2 aromatic heterocycles. The molecular formula is C25H17N3O2. The van der Waals surface area contributed by atoms with E-state index in [1.54, 1.807) is 18.3 Å². The van der Waals surface area contributed by atoms with Gasteiger partial charge in [0, 0.05) is 27.9 Å². The first-order valence-electron chi connectivity index (χ1n) is 9.54. The standard InChI is InChI=1S/C25H17N3O2/c29-24-18-11-5-4-10-17(18)22(16-8-2-1-3-9-16)28-23(24)25(30)27-21-14-6-13-20-19(21)12-7-15-26-20/h1-15,29H,(H,27,30). The fourth-order valence-electron chi connectivity index (χ4n) is 3.62. The summed E-state index contributed by atoms with van der Waals surface area (Å²) >= 11 is 0. The SMILES string of the molecule is O=C(Nc1cccc2ncccc12)c1nc(-c2ccccc2)c2ccccc2c1O. The van der Waals surface area contributed by atoms with Crippen LogP contribution in [0.25, 0.3) is 32.9 Å². The molecule has 30 heavy (non-hydrogen) atoms. The molecule has 0 saturated heterocycles. The molecule has 0 saturated carbocycles. The van der Waals surface area contributed by atoms with E-state index in [0.717, 1.165) is 21.9 Å². The van der Waals surface area contributed by atoms with E-state index >= 15 is 0 Å². The van der Waals surface area contributed by atoms with E-state index in [1.165, 1.54) is 0 Å². The molecule has 3 aromatic carbocycles. The second-order valence-corrected chi connectivity index (χ2v) is 6.90. The third-order valence-corrected chi connectivity index (χ3v) is 5.04. The summed E-state index contributed by atoms with van der Waals surface area (Å²) in [6.07, 6.45) is 1.71. The Morgan fingerprint density at radius 1 is 0.767 bits per heavy atom. The van der Waals surface area contributed by atoms with Crippen LogP contribution in [-0.4, -0.2) is 21.0 Å². The Bertz CT molecular complexity index is 1390. The predicted molar refractivity (Wildman–Crippen MR) is 119 cm³/mol. The molecule has 0 fully saturated rings. The highest BCUT2D eigenvalue weighted by molar-refractivity contribution is 6.12. The molecular weight excluding hydrogens is 374 g/mol. The summed E-state index contributed by atoms with van der Waals surface area (Å²) in [5.74, 6) is -0.618. The quantitative estimate of drug-likeness (QED) is 0.431. The normalized spacial score (nSPS) is 10.9. The van der Waals surface area contributed by atoms with Crippen molar-refractivity contribution < 1.29 is 9.90 Å². The van der Waals surface area contributed by atoms with Crippen LogP contribution in [0.3, 0.4) is 0 Å². The number of pyridine rings is 2. The average molecular weight is 391 g/mol. The average Bonchev–Trinajstić information content (AvgIpc) is 2.80. The number of carbonyl (C=O) groups is 1. The number of nitrogens with zero attached hydrogens (tertiary/aromatic N) is 2. The van der Waals surface area contributed by atoms with E-state index in [0.29, 0.717) is 16.8 Å². The van der Waals surface area contributed by atoms with Crippen molar-refractivity contribution in [3.05, 3.63) is 96.8 Å². The molecule has 0 unspecified atom stereocenters. The fraction of sp³-hybridized carbons (Fsp3) is 0. The third kappa shape index (κ3) is 3.02. The van der Waals surface area contributed by atoms with Crippen LogP contribution in [0.2, 0.25) is 0 Å². The molecule has 5 aromatic rings. The van der Waals surface area contributed by atoms with Gasteiger partial charge in [-0.05, 0) is 24.3 Å². The first-order chi connectivity index (χ1) is 14.7. The number of aromatic hydroxyl groups is 1. The van der Waals surface area contributed by atoms with Crippen LogP contribution in [0, 0.1) is 0 Å². The van der Waals surface area contributed by atoms with Crippen molar-refractivity contribution in [2.45, 2.75) is 0 Å². The van der Waals surface area contributed by atoms with Crippen LogP contribution in [0.15, 0.2) is 91.1 Å². The molecule has 5 rings (SSSR count). The maximum atomic E-state index is 13.2. The molecule has 2 N–H and O–H groups in total. The van der Waals surface area contributed by atoms with Gasteiger partial charge in [0.15, 0.2) is 11.4 Å². The van der Waals surface area contributed by atoms with Crippen LogP contribution in [0.1, 0.15) is 10.5 Å². The van der Waals surface area contributed by atoms with Crippen molar-refractivity contribution in [3.63, 3.8) is 0 Å². The van der Waals surface area contributed by atoms with E-state index in [4.69, 9.17) is 0 Å². The van der Waals surface area contributed by atoms with Gasteiger partial charge in [-0.25, -0.2) is 4.98 Å². The summed E-state index contributed by atoms with van der Waals surface area (Å²) in [6, 6.07) is 26.2. The summed E-state index contributed by atoms with van der Waals surface area (Å²) in [4.78, 5) is 22.0. The van der Waals surface area contributed by atoms with Gasteiger partial charge in [0.25, 0.3) is 5.91 Å². The van der Waals surface area contributed by atoms with Gasteiger partial charge in [0.1, 0.15) is 0 Å². The van der Waals surface area contributed by atoms with Crippen molar-refractivity contribution in [3.8, 4) is 17.0 Å². The van der Waals surface area contributed by atoms with Gasteiger partial charge in [0.2, 0.25) is 0 Å². The third-order valence-electron chi connectivity index (χ3n) is 5.04. The Kier molecular flexibility index (Phi) is 4.33. The van der Waals surface area contributed by atoms with E-state index in [9.17, 15) is 9.90 Å². The lowest BCUT2D eigenvalue weighted by atomic mass is 10.0. The zero-order valence-electron chi connectivity index (χ0n) is 15.9. The summed E-state index contributed by atoms with van der Waals surface area (Å²) < 4.78 is 0. The van der Waals surface area contributed by atoms with Crippen LogP contribution >= 0.6 is 0 Å². The second-order valence-electron chi connectivity index (χ2n) is 6.90. The van der Waals surface area contributed by atoms with Crippen molar-refractivity contribution in [2.24, 2.45) is 0 Å². The van der Waals surface area contributed by atoms with Gasteiger partial charge in [0.05, 0.1) is 16.9 Å². The van der Waals surface area contributed by atoms with Gasteiger partial charge >= 0.3 is 0 Å². The van der Waals surface area contributed by atoms with Crippen LogP contribution < -0.4 is 5.32 Å². The highest BCUT2D eigenvalue weighted by atomic mass is 16.3. The molecule has 0 aliphatic carbocycles. The molecule has 0 aliphatic heterocycles. The smallest absolute Gasteiger partial charge is 0.278 e. The molecule has 144 valence electrons. The number of rotatable bonds is 3. The molecule has 2 heterocycles. The van der Waals surface area contributed by atoms with Crippen LogP contribution in [0.4, 0.5) is 5.69 Å². The van der Waals surface area contributed by atoms with E-state index in [-0.39, 0.29) is 11.4 Å². The molecule has 5 nitrogen and oxygen atoms in total.